The zero-order valence-electron chi connectivity index (χ0n) is 20.2. The lowest BCUT2D eigenvalue weighted by Crippen LogP contribution is -2.50. The maximum Gasteiger partial charge on any atom is 0.347 e. The fourth-order valence-corrected chi connectivity index (χ4v) is 2.91. The number of allylic oxidation sites excluding steroid dienone is 8. The SMILES string of the molecule is CCCCC/C=C\C/C=C\C/C=C\C/C=C\CCCC(=O)O[C@@H](C(=O)O)[C@@H](O)[C@H](O)[C@H](O)CO. The van der Waals surface area contributed by atoms with Gasteiger partial charge in [-0.15, -0.1) is 0 Å². The number of esters is 1. The summed E-state index contributed by atoms with van der Waals surface area (Å²) in [5.74, 6) is -2.50. The summed E-state index contributed by atoms with van der Waals surface area (Å²) in [5, 5.41) is 46.6. The van der Waals surface area contributed by atoms with E-state index in [0.29, 0.717) is 12.8 Å². The van der Waals surface area contributed by atoms with Crippen LogP contribution in [-0.2, 0) is 14.3 Å². The summed E-state index contributed by atoms with van der Waals surface area (Å²) in [5.41, 5.74) is 0. The Hall–Kier alpha value is -2.26. The molecule has 5 N–H and O–H groups in total. The van der Waals surface area contributed by atoms with Crippen molar-refractivity contribution in [1.82, 2.24) is 0 Å². The molecule has 194 valence electrons. The molecule has 0 radical (unpaired) electrons. The van der Waals surface area contributed by atoms with Crippen molar-refractivity contribution in [2.45, 2.75) is 95.5 Å². The summed E-state index contributed by atoms with van der Waals surface area (Å²) in [6.45, 7) is 1.32. The minimum atomic E-state index is -2.07. The Morgan fingerprint density at radius 2 is 1.26 bits per heavy atom. The number of hydrogen-bond donors (Lipinski definition) is 5. The Morgan fingerprint density at radius 1 is 0.765 bits per heavy atom. The number of carboxylic acid groups (broad SMARTS) is 1. The lowest BCUT2D eigenvalue weighted by molar-refractivity contribution is -0.182. The molecule has 0 aliphatic heterocycles. The topological polar surface area (TPSA) is 145 Å². The van der Waals surface area contributed by atoms with Gasteiger partial charge in [0.15, 0.2) is 0 Å². The minimum Gasteiger partial charge on any atom is -0.478 e. The van der Waals surface area contributed by atoms with Crippen LogP contribution in [0.4, 0.5) is 0 Å². The fourth-order valence-electron chi connectivity index (χ4n) is 2.91. The molecule has 0 aliphatic rings. The molecule has 0 amide bonds. The van der Waals surface area contributed by atoms with E-state index in [1.54, 1.807) is 0 Å². The highest BCUT2D eigenvalue weighted by molar-refractivity contribution is 5.78. The predicted molar refractivity (Wildman–Crippen MR) is 131 cm³/mol. The van der Waals surface area contributed by atoms with E-state index < -0.39 is 43.0 Å². The van der Waals surface area contributed by atoms with Crippen LogP contribution in [0.5, 0.6) is 0 Å². The van der Waals surface area contributed by atoms with E-state index in [1.807, 2.05) is 12.2 Å². The van der Waals surface area contributed by atoms with Gasteiger partial charge in [-0.25, -0.2) is 4.79 Å². The Labute approximate surface area is 203 Å². The third-order valence-corrected chi connectivity index (χ3v) is 4.95. The first-order valence-electron chi connectivity index (χ1n) is 12.0. The predicted octanol–water partition coefficient (Wildman–Crippen LogP) is 3.20. The number of ether oxygens (including phenoxy) is 1. The number of carbonyl (C=O) groups excluding carboxylic acids is 1. The van der Waals surface area contributed by atoms with Gasteiger partial charge in [0.2, 0.25) is 6.10 Å². The molecule has 4 atom stereocenters. The van der Waals surface area contributed by atoms with Gasteiger partial charge in [-0.1, -0.05) is 68.4 Å². The van der Waals surface area contributed by atoms with Crippen LogP contribution < -0.4 is 0 Å². The van der Waals surface area contributed by atoms with Crippen molar-refractivity contribution in [3.05, 3.63) is 48.6 Å². The molecule has 0 aromatic rings. The highest BCUT2D eigenvalue weighted by atomic mass is 16.6. The lowest BCUT2D eigenvalue weighted by Gasteiger charge is -2.26. The van der Waals surface area contributed by atoms with E-state index in [-0.39, 0.29) is 6.42 Å². The molecule has 0 unspecified atom stereocenters. The van der Waals surface area contributed by atoms with Crippen LogP contribution in [-0.4, -0.2) is 68.5 Å². The lowest BCUT2D eigenvalue weighted by atomic mass is 10.0. The number of aliphatic hydroxyl groups is 4. The van der Waals surface area contributed by atoms with Gasteiger partial charge in [-0.2, -0.15) is 0 Å². The molecule has 34 heavy (non-hydrogen) atoms. The van der Waals surface area contributed by atoms with Crippen LogP contribution in [0.2, 0.25) is 0 Å². The van der Waals surface area contributed by atoms with Gasteiger partial charge >= 0.3 is 11.9 Å². The number of aliphatic hydroxyl groups excluding tert-OH is 4. The Balaban J connectivity index is 4.02. The van der Waals surface area contributed by atoms with Crippen LogP contribution >= 0.6 is 0 Å². The summed E-state index contributed by atoms with van der Waals surface area (Å²) in [7, 11) is 0. The number of aliphatic carboxylic acids is 1. The number of hydrogen-bond acceptors (Lipinski definition) is 7. The average molecular weight is 483 g/mol. The Morgan fingerprint density at radius 3 is 1.74 bits per heavy atom. The molecule has 8 nitrogen and oxygen atoms in total. The number of unbranched alkanes of at least 4 members (excludes halogenated alkanes) is 4. The second-order valence-electron chi connectivity index (χ2n) is 7.96. The zero-order valence-corrected chi connectivity index (χ0v) is 20.2. The Bertz CT molecular complexity index is 653. The summed E-state index contributed by atoms with van der Waals surface area (Å²) in [4.78, 5) is 23.1. The third kappa shape index (κ3) is 16.4. The molecular weight excluding hydrogens is 440 g/mol. The van der Waals surface area contributed by atoms with Crippen molar-refractivity contribution in [2.75, 3.05) is 6.61 Å². The summed E-state index contributed by atoms with van der Waals surface area (Å²) < 4.78 is 4.73. The van der Waals surface area contributed by atoms with E-state index in [2.05, 4.69) is 43.4 Å². The highest BCUT2D eigenvalue weighted by Gasteiger charge is 2.38. The van der Waals surface area contributed by atoms with Gasteiger partial charge in [0.1, 0.15) is 18.3 Å². The van der Waals surface area contributed by atoms with Gasteiger partial charge in [0, 0.05) is 6.42 Å². The summed E-state index contributed by atoms with van der Waals surface area (Å²) in [6.07, 6.45) is 17.4. The molecule has 0 fully saturated rings. The molecule has 0 aromatic heterocycles. The van der Waals surface area contributed by atoms with Crippen LogP contribution in [0.25, 0.3) is 0 Å². The second kappa shape index (κ2) is 21.3. The van der Waals surface area contributed by atoms with E-state index in [0.717, 1.165) is 25.7 Å². The van der Waals surface area contributed by atoms with E-state index in [1.165, 1.54) is 19.3 Å². The summed E-state index contributed by atoms with van der Waals surface area (Å²) in [6, 6.07) is 0. The normalized spacial score (nSPS) is 15.9. The second-order valence-corrected chi connectivity index (χ2v) is 7.96. The van der Waals surface area contributed by atoms with Gasteiger partial charge in [-0.3, -0.25) is 4.79 Å². The maximum absolute atomic E-state index is 11.8. The number of carboxylic acids is 1. The molecule has 0 saturated heterocycles. The van der Waals surface area contributed by atoms with E-state index in [4.69, 9.17) is 14.9 Å². The van der Waals surface area contributed by atoms with Gasteiger partial charge in [-0.05, 0) is 44.9 Å². The van der Waals surface area contributed by atoms with E-state index in [9.17, 15) is 24.9 Å². The smallest absolute Gasteiger partial charge is 0.347 e. The van der Waals surface area contributed by atoms with E-state index >= 15 is 0 Å². The molecule has 0 aromatic carbocycles. The van der Waals surface area contributed by atoms with Gasteiger partial charge in [0.25, 0.3) is 0 Å². The van der Waals surface area contributed by atoms with Gasteiger partial charge < -0.3 is 30.3 Å². The third-order valence-electron chi connectivity index (χ3n) is 4.95. The first kappa shape index (κ1) is 31.7. The standard InChI is InChI=1S/C26H42O8/c1-2-3-4-5-6-7-8-9-10-11-12-13-14-15-16-17-18-19-22(29)34-25(26(32)33)24(31)23(30)21(28)20-27/h6-7,9-10,12-13,15-16,21,23-25,27-28,30-31H,2-5,8,11,14,17-20H2,1H3,(H,32,33)/b7-6-,10-9-,13-12-,16-15-/t21-,23-,24+,25-/m1/s1. The molecule has 0 spiro atoms. The molecule has 0 heterocycles. The number of carbonyl (C=O) groups is 2. The molecule has 0 bridgehead atoms. The van der Waals surface area contributed by atoms with Crippen molar-refractivity contribution >= 4 is 11.9 Å². The number of rotatable bonds is 20. The highest BCUT2D eigenvalue weighted by Crippen LogP contribution is 2.11. The summed E-state index contributed by atoms with van der Waals surface area (Å²) >= 11 is 0. The average Bonchev–Trinajstić information content (AvgIpc) is 2.82. The minimum absolute atomic E-state index is 0.0623. The quantitative estimate of drug-likeness (QED) is 0.101. The van der Waals surface area contributed by atoms with Crippen molar-refractivity contribution in [1.29, 1.82) is 0 Å². The molecule has 0 aliphatic carbocycles. The fraction of sp³-hybridized carbons (Fsp3) is 0.615. The molecule has 0 saturated carbocycles. The first-order chi connectivity index (χ1) is 16.3. The van der Waals surface area contributed by atoms with Crippen LogP contribution in [0.3, 0.4) is 0 Å². The van der Waals surface area contributed by atoms with Crippen molar-refractivity contribution < 1.29 is 39.9 Å². The zero-order chi connectivity index (χ0) is 25.6. The van der Waals surface area contributed by atoms with Crippen LogP contribution in [0, 0.1) is 0 Å². The van der Waals surface area contributed by atoms with Gasteiger partial charge in [0.05, 0.1) is 6.61 Å². The molecule has 0 rings (SSSR count). The maximum atomic E-state index is 11.8. The molecular formula is C26H42O8. The first-order valence-corrected chi connectivity index (χ1v) is 12.0. The monoisotopic (exact) mass is 482 g/mol. The Kier molecular flexibility index (Phi) is 19.9. The largest absolute Gasteiger partial charge is 0.478 e. The van der Waals surface area contributed by atoms with Crippen molar-refractivity contribution in [3.63, 3.8) is 0 Å². The van der Waals surface area contributed by atoms with Crippen LogP contribution in [0.1, 0.15) is 71.1 Å². The van der Waals surface area contributed by atoms with Crippen molar-refractivity contribution in [3.8, 4) is 0 Å². The molecule has 8 heteroatoms. The van der Waals surface area contributed by atoms with Crippen LogP contribution in [0.15, 0.2) is 48.6 Å². The van der Waals surface area contributed by atoms with Crippen molar-refractivity contribution in [2.24, 2.45) is 0 Å².